The van der Waals surface area contributed by atoms with Crippen LogP contribution < -0.4 is 5.73 Å². The number of likely N-dealkylation sites (tertiary alicyclic amines) is 1. The number of hydrogen-bond acceptors (Lipinski definition) is 6. The molecule has 1 aliphatic carbocycles. The van der Waals surface area contributed by atoms with Crippen molar-refractivity contribution in [1.29, 1.82) is 0 Å². The molecule has 0 aromatic heterocycles. The predicted molar refractivity (Wildman–Crippen MR) is 104 cm³/mol. The Morgan fingerprint density at radius 2 is 1.84 bits per heavy atom. The minimum absolute atomic E-state index is 0.0611. The lowest BCUT2D eigenvalue weighted by Gasteiger charge is -2.36. The third-order valence-electron chi connectivity index (χ3n) is 6.76. The van der Waals surface area contributed by atoms with Gasteiger partial charge in [-0.1, -0.05) is 37.1 Å². The minimum Gasteiger partial charge on any atom is -0.469 e. The van der Waals surface area contributed by atoms with Crippen LogP contribution in [0.2, 0.25) is 0 Å². The van der Waals surface area contributed by atoms with Gasteiger partial charge in [-0.2, -0.15) is 13.2 Å². The monoisotopic (exact) mass is 438 g/mol. The number of nitrogens with zero attached hydrogens (tertiary/aromatic N) is 3. The van der Waals surface area contributed by atoms with Crippen LogP contribution in [0.4, 0.5) is 13.2 Å². The summed E-state index contributed by atoms with van der Waals surface area (Å²) in [6, 6.07) is 4.83. The minimum atomic E-state index is -4.58. The standard InChI is InChI=1S/C21H25F3N4O3/c1-31-18(30)14-11-19(8-2-3-9-19)28(12-14)17(29)16(25)10-13-4-6-15(7-5-13)20(26-27-20)21(22,23)24/h4-7,14,16H,2-3,8-12,25H2,1H3. The van der Waals surface area contributed by atoms with Crippen molar-refractivity contribution in [3.05, 3.63) is 35.4 Å². The summed E-state index contributed by atoms with van der Waals surface area (Å²) < 4.78 is 44.3. The smallest absolute Gasteiger partial charge is 0.442 e. The van der Waals surface area contributed by atoms with E-state index in [4.69, 9.17) is 10.5 Å². The summed E-state index contributed by atoms with van der Waals surface area (Å²) in [5.74, 6) is -0.917. The Morgan fingerprint density at radius 3 is 2.35 bits per heavy atom. The van der Waals surface area contributed by atoms with Crippen LogP contribution >= 0.6 is 0 Å². The van der Waals surface area contributed by atoms with Crippen molar-refractivity contribution in [2.24, 2.45) is 21.9 Å². The number of carbonyl (C=O) groups excluding carboxylic acids is 2. The molecule has 7 nitrogen and oxygen atoms in total. The van der Waals surface area contributed by atoms with Gasteiger partial charge in [0.2, 0.25) is 5.91 Å². The number of methoxy groups -OCH3 is 1. The zero-order valence-electron chi connectivity index (χ0n) is 17.2. The van der Waals surface area contributed by atoms with Crippen molar-refractivity contribution in [1.82, 2.24) is 4.90 Å². The van der Waals surface area contributed by atoms with E-state index in [-0.39, 0.29) is 41.9 Å². The van der Waals surface area contributed by atoms with E-state index in [2.05, 4.69) is 10.2 Å². The number of nitrogens with two attached hydrogens (primary N) is 1. The largest absolute Gasteiger partial charge is 0.469 e. The van der Waals surface area contributed by atoms with Gasteiger partial charge in [0.1, 0.15) is 0 Å². The Hall–Kier alpha value is -2.49. The van der Waals surface area contributed by atoms with E-state index in [1.165, 1.54) is 31.4 Å². The van der Waals surface area contributed by atoms with E-state index >= 15 is 0 Å². The molecule has 2 N–H and O–H groups in total. The fraction of sp³-hybridized carbons (Fsp3) is 0.619. The third kappa shape index (κ3) is 3.71. The molecule has 1 saturated carbocycles. The van der Waals surface area contributed by atoms with Crippen LogP contribution in [0.1, 0.15) is 43.2 Å². The van der Waals surface area contributed by atoms with Gasteiger partial charge in [0, 0.05) is 17.6 Å². The highest BCUT2D eigenvalue weighted by molar-refractivity contribution is 5.84. The molecule has 168 valence electrons. The molecule has 3 aliphatic rings. The summed E-state index contributed by atoms with van der Waals surface area (Å²) >= 11 is 0. The van der Waals surface area contributed by atoms with Gasteiger partial charge in [-0.3, -0.25) is 9.59 Å². The molecule has 0 radical (unpaired) electrons. The van der Waals surface area contributed by atoms with E-state index in [9.17, 15) is 22.8 Å². The average Bonchev–Trinajstić information content (AvgIpc) is 3.31. The number of carbonyl (C=O) groups is 2. The molecule has 10 heteroatoms. The average molecular weight is 438 g/mol. The highest BCUT2D eigenvalue weighted by atomic mass is 19.4. The molecule has 1 aromatic rings. The Bertz CT molecular complexity index is 888. The van der Waals surface area contributed by atoms with Gasteiger partial charge in [0.25, 0.3) is 0 Å². The van der Waals surface area contributed by atoms with Gasteiger partial charge in [-0.05, 0) is 31.2 Å². The summed E-state index contributed by atoms with van der Waals surface area (Å²) in [4.78, 5) is 27.0. The number of alkyl halides is 3. The first-order valence-electron chi connectivity index (χ1n) is 10.4. The summed E-state index contributed by atoms with van der Waals surface area (Å²) in [5.41, 5.74) is 3.98. The van der Waals surface area contributed by atoms with E-state index in [1.54, 1.807) is 4.90 Å². The molecule has 2 unspecified atom stereocenters. The van der Waals surface area contributed by atoms with Crippen molar-refractivity contribution in [2.45, 2.75) is 61.9 Å². The normalized spacial score (nSPS) is 24.4. The number of hydrogen-bond donors (Lipinski definition) is 1. The second-order valence-electron chi connectivity index (χ2n) is 8.68. The number of rotatable bonds is 5. The van der Waals surface area contributed by atoms with E-state index in [0.29, 0.717) is 12.0 Å². The van der Waals surface area contributed by atoms with E-state index < -0.39 is 17.9 Å². The van der Waals surface area contributed by atoms with Gasteiger partial charge in [0.15, 0.2) is 0 Å². The van der Waals surface area contributed by atoms with Crippen molar-refractivity contribution in [2.75, 3.05) is 13.7 Å². The number of amides is 1. The first-order valence-corrected chi connectivity index (χ1v) is 10.4. The number of halogens is 3. The SMILES string of the molecule is COC(=O)C1CN(C(=O)C(N)Cc2ccc(C3(C(F)(F)F)N=N3)cc2)C2(CCCC2)C1. The van der Waals surface area contributed by atoms with Gasteiger partial charge in [-0.25, -0.2) is 0 Å². The molecule has 1 spiro atoms. The summed E-state index contributed by atoms with van der Waals surface area (Å²) in [5, 5.41) is 6.38. The fourth-order valence-corrected chi connectivity index (χ4v) is 5.06. The van der Waals surface area contributed by atoms with Crippen LogP contribution in [0.15, 0.2) is 34.5 Å². The number of ether oxygens (including phenoxy) is 1. The van der Waals surface area contributed by atoms with Gasteiger partial charge in [0.05, 0.1) is 19.1 Å². The molecule has 2 heterocycles. The lowest BCUT2D eigenvalue weighted by molar-refractivity contribution is -0.166. The topological polar surface area (TPSA) is 97.3 Å². The molecule has 1 saturated heterocycles. The molecule has 0 bridgehead atoms. The van der Waals surface area contributed by atoms with E-state index in [1.807, 2.05) is 0 Å². The predicted octanol–water partition coefficient (Wildman–Crippen LogP) is 3.07. The second kappa shape index (κ2) is 7.58. The van der Waals surface area contributed by atoms with Crippen LogP contribution in [-0.2, 0) is 26.4 Å². The van der Waals surface area contributed by atoms with Gasteiger partial charge in [-0.15, -0.1) is 10.2 Å². The van der Waals surface area contributed by atoms with Crippen LogP contribution in [-0.4, -0.2) is 48.2 Å². The maximum atomic E-state index is 13.2. The lowest BCUT2D eigenvalue weighted by atomic mass is 9.90. The van der Waals surface area contributed by atoms with Crippen molar-refractivity contribution in [3.63, 3.8) is 0 Å². The van der Waals surface area contributed by atoms with Gasteiger partial charge < -0.3 is 15.4 Å². The number of benzene rings is 1. The van der Waals surface area contributed by atoms with Crippen molar-refractivity contribution in [3.8, 4) is 0 Å². The highest BCUT2D eigenvalue weighted by Gasteiger charge is 2.65. The van der Waals surface area contributed by atoms with E-state index in [0.717, 1.165) is 25.7 Å². The zero-order valence-corrected chi connectivity index (χ0v) is 17.2. The third-order valence-corrected chi connectivity index (χ3v) is 6.76. The fourth-order valence-electron chi connectivity index (χ4n) is 5.06. The first-order chi connectivity index (χ1) is 14.6. The Labute approximate surface area is 177 Å². The Morgan fingerprint density at radius 1 is 1.23 bits per heavy atom. The first kappa shape index (κ1) is 21.7. The summed E-state index contributed by atoms with van der Waals surface area (Å²) in [7, 11) is 1.34. The van der Waals surface area contributed by atoms with Crippen molar-refractivity contribution >= 4 is 11.9 Å². The molecule has 1 amide bonds. The van der Waals surface area contributed by atoms with Crippen LogP contribution in [0.5, 0.6) is 0 Å². The molecule has 2 atom stereocenters. The van der Waals surface area contributed by atoms with Crippen LogP contribution in [0, 0.1) is 5.92 Å². The van der Waals surface area contributed by atoms with Crippen LogP contribution in [0.3, 0.4) is 0 Å². The van der Waals surface area contributed by atoms with Crippen LogP contribution in [0.25, 0.3) is 0 Å². The Kier molecular flexibility index (Phi) is 5.31. The molecule has 31 heavy (non-hydrogen) atoms. The molecule has 2 aliphatic heterocycles. The van der Waals surface area contributed by atoms with Crippen molar-refractivity contribution < 1.29 is 27.5 Å². The quantitative estimate of drug-likeness (QED) is 0.715. The second-order valence-corrected chi connectivity index (χ2v) is 8.68. The lowest BCUT2D eigenvalue weighted by Crippen LogP contribution is -2.52. The summed E-state index contributed by atoms with van der Waals surface area (Å²) in [6.07, 6.45) is -0.166. The molecular weight excluding hydrogens is 413 g/mol. The number of esters is 1. The summed E-state index contributed by atoms with van der Waals surface area (Å²) in [6.45, 7) is 0.287. The van der Waals surface area contributed by atoms with Gasteiger partial charge >= 0.3 is 17.8 Å². The molecule has 4 rings (SSSR count). The molecule has 2 fully saturated rings. The Balaban J connectivity index is 1.45. The maximum absolute atomic E-state index is 13.2. The zero-order chi connectivity index (χ0) is 22.4. The maximum Gasteiger partial charge on any atom is 0.442 e. The molecular formula is C21H25F3N4O3. The molecule has 1 aromatic carbocycles. The highest BCUT2D eigenvalue weighted by Crippen LogP contribution is 2.52.